The first kappa shape index (κ1) is 25.4. The highest BCUT2D eigenvalue weighted by Crippen LogP contribution is 2.31. The van der Waals surface area contributed by atoms with E-state index in [9.17, 15) is 9.59 Å². The third-order valence-electron chi connectivity index (χ3n) is 7.71. The zero-order valence-electron chi connectivity index (χ0n) is 21.5. The van der Waals surface area contributed by atoms with Gasteiger partial charge in [0, 0.05) is 41.7 Å². The largest absolute Gasteiger partial charge is 0.325 e. The van der Waals surface area contributed by atoms with Crippen LogP contribution in [0.2, 0.25) is 0 Å². The van der Waals surface area contributed by atoms with Crippen LogP contribution in [0.25, 0.3) is 5.52 Å². The van der Waals surface area contributed by atoms with Crippen LogP contribution in [0.5, 0.6) is 0 Å². The van der Waals surface area contributed by atoms with Gasteiger partial charge in [-0.2, -0.15) is 10.4 Å². The first-order chi connectivity index (χ1) is 18.4. The Bertz CT molecular complexity index is 1440. The van der Waals surface area contributed by atoms with Gasteiger partial charge in [0.2, 0.25) is 5.91 Å². The summed E-state index contributed by atoms with van der Waals surface area (Å²) in [5, 5.41) is 16.5. The molecule has 0 aliphatic heterocycles. The van der Waals surface area contributed by atoms with Crippen molar-refractivity contribution in [2.24, 2.45) is 11.7 Å². The number of nitrogens with one attached hydrogen (secondary N) is 1. The number of anilines is 1. The van der Waals surface area contributed by atoms with E-state index in [1.807, 2.05) is 24.4 Å². The molecule has 0 radical (unpaired) electrons. The number of benzene rings is 1. The zero-order valence-corrected chi connectivity index (χ0v) is 21.5. The van der Waals surface area contributed by atoms with E-state index in [4.69, 9.17) is 11.0 Å². The molecule has 5 rings (SSSR count). The van der Waals surface area contributed by atoms with Crippen LogP contribution in [0.3, 0.4) is 0 Å². The van der Waals surface area contributed by atoms with Gasteiger partial charge >= 0.3 is 0 Å². The fourth-order valence-corrected chi connectivity index (χ4v) is 5.37. The Morgan fingerprint density at radius 2 is 1.95 bits per heavy atom. The molecule has 8 nitrogen and oxygen atoms in total. The molecule has 2 aliphatic rings. The van der Waals surface area contributed by atoms with Gasteiger partial charge in [0.25, 0.3) is 5.91 Å². The summed E-state index contributed by atoms with van der Waals surface area (Å²) in [5.41, 5.74) is 10.7. The molecule has 2 atom stereocenters. The van der Waals surface area contributed by atoms with E-state index in [-0.39, 0.29) is 23.7 Å². The highest BCUT2D eigenvalue weighted by Gasteiger charge is 2.27. The molecule has 3 aromatic rings. The summed E-state index contributed by atoms with van der Waals surface area (Å²) in [7, 11) is 1.72. The van der Waals surface area contributed by atoms with Crippen molar-refractivity contribution in [1.82, 2.24) is 14.9 Å². The van der Waals surface area contributed by atoms with Gasteiger partial charge in [0.05, 0.1) is 29.4 Å². The van der Waals surface area contributed by atoms with E-state index in [0.29, 0.717) is 23.2 Å². The second kappa shape index (κ2) is 11.0. The SMILES string of the molecule is CN(C(=O)c1ccn2ncc(C3C=CC(NC(=O)C(N)C4CCCCC4)=CC3)c2c1)c1ccc(C#N)cc1. The first-order valence-corrected chi connectivity index (χ1v) is 13.1. The summed E-state index contributed by atoms with van der Waals surface area (Å²) in [6.07, 6.45) is 15.9. The molecule has 3 N–H and O–H groups in total. The third kappa shape index (κ3) is 5.24. The van der Waals surface area contributed by atoms with Gasteiger partial charge in [-0.1, -0.05) is 31.4 Å². The van der Waals surface area contributed by atoms with Crippen LogP contribution < -0.4 is 16.0 Å². The molecule has 2 amide bonds. The Hall–Kier alpha value is -4.22. The molecule has 0 bridgehead atoms. The quantitative estimate of drug-likeness (QED) is 0.511. The average molecular weight is 509 g/mol. The lowest BCUT2D eigenvalue weighted by atomic mass is 9.84. The molecule has 8 heteroatoms. The number of carbonyl (C=O) groups excluding carboxylic acids is 2. The molecule has 1 saturated carbocycles. The van der Waals surface area contributed by atoms with Crippen LogP contribution in [-0.2, 0) is 4.79 Å². The molecule has 194 valence electrons. The predicted molar refractivity (Wildman–Crippen MR) is 146 cm³/mol. The number of nitrogens with two attached hydrogens (primary N) is 1. The molecular formula is C30H32N6O2. The minimum Gasteiger partial charge on any atom is -0.325 e. The van der Waals surface area contributed by atoms with Crippen molar-refractivity contribution in [2.75, 3.05) is 11.9 Å². The minimum absolute atomic E-state index is 0.0711. The monoisotopic (exact) mass is 508 g/mol. The molecular weight excluding hydrogens is 476 g/mol. The van der Waals surface area contributed by atoms with Crippen LogP contribution >= 0.6 is 0 Å². The Labute approximate surface area is 222 Å². The highest BCUT2D eigenvalue weighted by molar-refractivity contribution is 6.06. The van der Waals surface area contributed by atoms with Crippen LogP contribution in [0.15, 0.2) is 72.7 Å². The van der Waals surface area contributed by atoms with E-state index in [1.54, 1.807) is 53.0 Å². The van der Waals surface area contributed by atoms with E-state index in [1.165, 1.54) is 6.42 Å². The number of hydrogen-bond acceptors (Lipinski definition) is 5. The Morgan fingerprint density at radius 3 is 2.63 bits per heavy atom. The maximum Gasteiger partial charge on any atom is 0.258 e. The van der Waals surface area contributed by atoms with Crippen molar-refractivity contribution in [3.05, 3.63) is 89.4 Å². The topological polar surface area (TPSA) is 117 Å². The van der Waals surface area contributed by atoms with Crippen molar-refractivity contribution in [2.45, 2.75) is 50.5 Å². The predicted octanol–water partition coefficient (Wildman–Crippen LogP) is 4.43. The summed E-state index contributed by atoms with van der Waals surface area (Å²) in [4.78, 5) is 27.5. The van der Waals surface area contributed by atoms with Gasteiger partial charge in [-0.05, 0) is 67.7 Å². The molecule has 2 unspecified atom stereocenters. The van der Waals surface area contributed by atoms with Crippen molar-refractivity contribution in [3.8, 4) is 6.07 Å². The number of carbonyl (C=O) groups is 2. The molecule has 2 heterocycles. The van der Waals surface area contributed by atoms with Gasteiger partial charge in [-0.15, -0.1) is 0 Å². The van der Waals surface area contributed by atoms with E-state index in [2.05, 4.69) is 22.6 Å². The number of allylic oxidation sites excluding steroid dienone is 3. The van der Waals surface area contributed by atoms with E-state index in [0.717, 1.165) is 42.5 Å². The smallest absolute Gasteiger partial charge is 0.258 e. The van der Waals surface area contributed by atoms with Gasteiger partial charge < -0.3 is 16.0 Å². The van der Waals surface area contributed by atoms with Crippen LogP contribution in [-0.4, -0.2) is 34.5 Å². The second-order valence-corrected chi connectivity index (χ2v) is 10.1. The lowest BCUT2D eigenvalue weighted by molar-refractivity contribution is -0.123. The summed E-state index contributed by atoms with van der Waals surface area (Å²) >= 11 is 0. The average Bonchev–Trinajstić information content (AvgIpc) is 3.40. The number of fused-ring (bicyclic) bond motifs is 1. The van der Waals surface area contributed by atoms with Crippen molar-refractivity contribution < 1.29 is 9.59 Å². The summed E-state index contributed by atoms with van der Waals surface area (Å²) in [6, 6.07) is 12.1. The van der Waals surface area contributed by atoms with Crippen molar-refractivity contribution >= 4 is 23.0 Å². The van der Waals surface area contributed by atoms with Crippen molar-refractivity contribution in [1.29, 1.82) is 5.26 Å². The zero-order chi connectivity index (χ0) is 26.6. The normalized spacial score (nSPS) is 18.4. The Kier molecular flexibility index (Phi) is 7.38. The molecule has 0 saturated heterocycles. The molecule has 1 fully saturated rings. The van der Waals surface area contributed by atoms with Gasteiger partial charge in [-0.25, -0.2) is 4.52 Å². The third-order valence-corrected chi connectivity index (χ3v) is 7.71. The second-order valence-electron chi connectivity index (χ2n) is 10.1. The Morgan fingerprint density at radius 1 is 1.18 bits per heavy atom. The minimum atomic E-state index is -0.472. The highest BCUT2D eigenvalue weighted by atomic mass is 16.2. The number of rotatable bonds is 6. The number of amides is 2. The van der Waals surface area contributed by atoms with Crippen LogP contribution in [0, 0.1) is 17.2 Å². The van der Waals surface area contributed by atoms with Crippen molar-refractivity contribution in [3.63, 3.8) is 0 Å². The lowest BCUT2D eigenvalue weighted by Crippen LogP contribution is -2.45. The summed E-state index contributed by atoms with van der Waals surface area (Å²) in [5.74, 6) is 0.0672. The number of nitriles is 1. The fourth-order valence-electron chi connectivity index (χ4n) is 5.37. The Balaban J connectivity index is 1.27. The lowest BCUT2D eigenvalue weighted by Gasteiger charge is -2.27. The van der Waals surface area contributed by atoms with Crippen LogP contribution in [0.4, 0.5) is 5.69 Å². The number of pyridine rings is 1. The van der Waals surface area contributed by atoms with Crippen LogP contribution in [0.1, 0.15) is 65.9 Å². The molecule has 0 spiro atoms. The molecule has 2 aromatic heterocycles. The van der Waals surface area contributed by atoms with Gasteiger partial charge in [0.15, 0.2) is 0 Å². The van der Waals surface area contributed by atoms with E-state index < -0.39 is 6.04 Å². The maximum atomic E-state index is 13.2. The molecule has 1 aromatic carbocycles. The standard InChI is InChI=1S/C30H32N6O2/c1-35(25-13-7-20(18-31)8-14-25)30(38)23-15-16-36-27(17-23)26(19-33-36)21-9-11-24(12-10-21)34-29(37)28(32)22-5-3-2-4-6-22/h7-9,11-17,19,21-22,28H,2-6,10,32H2,1H3,(H,34,37). The molecule has 2 aliphatic carbocycles. The number of aromatic nitrogens is 2. The maximum absolute atomic E-state index is 13.2. The number of nitrogens with zero attached hydrogens (tertiary/aromatic N) is 4. The summed E-state index contributed by atoms with van der Waals surface area (Å²) < 4.78 is 1.77. The van der Waals surface area contributed by atoms with Gasteiger partial charge in [0.1, 0.15) is 0 Å². The summed E-state index contributed by atoms with van der Waals surface area (Å²) in [6.45, 7) is 0. The van der Waals surface area contributed by atoms with E-state index >= 15 is 0 Å². The molecule has 38 heavy (non-hydrogen) atoms. The fraction of sp³-hybridized carbons (Fsp3) is 0.333. The van der Waals surface area contributed by atoms with Gasteiger partial charge in [-0.3, -0.25) is 9.59 Å². The number of hydrogen-bond donors (Lipinski definition) is 2. The first-order valence-electron chi connectivity index (χ1n) is 13.1.